The molecule has 1 aromatic carbocycles. The number of likely N-dealkylation sites (tertiary alicyclic amines) is 1. The summed E-state index contributed by atoms with van der Waals surface area (Å²) in [6.45, 7) is 33.3. The fraction of sp³-hybridized carbons (Fsp3) is 0.771. The first-order valence-corrected chi connectivity index (χ1v) is 21.5. The molecule has 1 saturated heterocycles. The largest absolute Gasteiger partial charge is 0.456 e. The fourth-order valence-electron chi connectivity index (χ4n) is 14.8. The highest BCUT2D eigenvalue weighted by atomic mass is 16.6. The predicted octanol–water partition coefficient (Wildman–Crippen LogP) is 11.4. The van der Waals surface area contributed by atoms with Gasteiger partial charge in [0.05, 0.1) is 5.56 Å². The van der Waals surface area contributed by atoms with E-state index in [0.717, 1.165) is 30.2 Å². The summed E-state index contributed by atoms with van der Waals surface area (Å²) in [6.07, 6.45) is 17.5. The molecule has 0 bridgehead atoms. The number of carbonyl (C=O) groups excluding carboxylic acids is 1. The molecule has 5 fully saturated rings. The molecule has 6 aliphatic rings. The molecule has 0 aromatic heterocycles. The third-order valence-corrected chi connectivity index (χ3v) is 17.4. The van der Waals surface area contributed by atoms with Crippen molar-refractivity contribution in [1.29, 1.82) is 0 Å². The summed E-state index contributed by atoms with van der Waals surface area (Å²) in [5.74, 6) is 3.38. The molecule has 4 heteroatoms. The van der Waals surface area contributed by atoms with Gasteiger partial charge in [-0.3, -0.25) is 4.90 Å². The second-order valence-corrected chi connectivity index (χ2v) is 21.2. The lowest BCUT2D eigenvalue weighted by Crippen LogP contribution is -2.66. The highest BCUT2D eigenvalue weighted by molar-refractivity contribution is 5.90. The van der Waals surface area contributed by atoms with Crippen LogP contribution in [0.15, 0.2) is 42.5 Å². The number of hydrogen-bond acceptors (Lipinski definition) is 4. The lowest BCUT2D eigenvalue weighted by Gasteiger charge is -2.72. The lowest BCUT2D eigenvalue weighted by atomic mass is 9.32. The van der Waals surface area contributed by atoms with Crippen LogP contribution in [0.1, 0.15) is 156 Å². The van der Waals surface area contributed by atoms with Crippen LogP contribution in [0.3, 0.4) is 0 Å². The predicted molar refractivity (Wildman–Crippen MR) is 217 cm³/mol. The van der Waals surface area contributed by atoms with Crippen molar-refractivity contribution < 1.29 is 9.53 Å². The van der Waals surface area contributed by atoms with E-state index >= 15 is 0 Å². The van der Waals surface area contributed by atoms with Gasteiger partial charge in [-0.05, 0) is 191 Å². The van der Waals surface area contributed by atoms with Crippen LogP contribution in [0, 0.1) is 56.7 Å². The smallest absolute Gasteiger partial charge is 0.338 e. The summed E-state index contributed by atoms with van der Waals surface area (Å²) in [5, 5.41) is 4.14. The number of fused-ring (bicyclic) bond motifs is 7. The highest BCUT2D eigenvalue weighted by Crippen LogP contribution is 2.77. The zero-order valence-corrected chi connectivity index (χ0v) is 34.9. The van der Waals surface area contributed by atoms with Gasteiger partial charge in [-0.2, -0.15) is 0 Å². The Morgan fingerprint density at radius 1 is 0.923 bits per heavy atom. The summed E-state index contributed by atoms with van der Waals surface area (Å²) < 4.78 is 5.67. The maximum absolute atomic E-state index is 12.8. The van der Waals surface area contributed by atoms with Crippen LogP contribution >= 0.6 is 0 Å². The number of ether oxygens (including phenoxy) is 1. The molecule has 10 atom stereocenters. The first-order chi connectivity index (χ1) is 24.4. The number of carbonyl (C=O) groups is 1. The number of hydrogen-bond donors (Lipinski definition) is 1. The Balaban J connectivity index is 1.13. The van der Waals surface area contributed by atoms with Gasteiger partial charge in [0.1, 0.15) is 5.60 Å². The van der Waals surface area contributed by atoms with Crippen molar-refractivity contribution in [3.05, 3.63) is 53.6 Å². The van der Waals surface area contributed by atoms with Crippen molar-refractivity contribution in [1.82, 2.24) is 10.2 Å². The van der Waals surface area contributed by atoms with Gasteiger partial charge < -0.3 is 10.1 Å². The molecular formula is C48H74N2O2. The van der Waals surface area contributed by atoms with Gasteiger partial charge in [0.2, 0.25) is 0 Å². The van der Waals surface area contributed by atoms with E-state index in [4.69, 9.17) is 4.74 Å². The minimum Gasteiger partial charge on any atom is -0.456 e. The second kappa shape index (κ2) is 13.4. The van der Waals surface area contributed by atoms with E-state index in [1.165, 1.54) is 107 Å². The summed E-state index contributed by atoms with van der Waals surface area (Å²) in [6, 6.07) is 9.02. The quantitative estimate of drug-likeness (QED) is 0.215. The van der Waals surface area contributed by atoms with E-state index in [1.54, 1.807) is 0 Å². The van der Waals surface area contributed by atoms with E-state index in [9.17, 15) is 4.79 Å². The van der Waals surface area contributed by atoms with Gasteiger partial charge in [-0.15, -0.1) is 0 Å². The Kier molecular flexibility index (Phi) is 9.88. The number of rotatable bonds is 8. The zero-order chi connectivity index (χ0) is 37.5. The standard InChI is InChI=1S/C48H74N2O2/c1-12-50-29-13-14-35(50)30-49-31-48-26-21-36(32(2)3)41(48)38-19-20-40-45(9)24-22-37(33-15-17-34(18-16-33)42(51)52-43(4,5)6)44(7,8)39(45)23-25-47(40,11)46(38,10)27-28-48/h15-18,22,35-36,38-41,49H,2,12-14,19-21,23-31H2,1,3-11H3/t35?,36-,38+,39-,40+,41+,45-,46+,47+,48+/m0/s1. The molecule has 4 nitrogen and oxygen atoms in total. The zero-order valence-electron chi connectivity index (χ0n) is 34.9. The van der Waals surface area contributed by atoms with E-state index in [2.05, 4.69) is 83.5 Å². The summed E-state index contributed by atoms with van der Waals surface area (Å²) in [4.78, 5) is 15.5. The SMILES string of the molecule is C=C(C)[C@@H]1CC[C@]2(CNCC3CCCN3CC)CC[C@]3(C)[C@H](CC[C@@H]4[C@@]5(C)CC=C(c6ccc(C(=O)OC(C)(C)C)cc6)C(C)(C)[C@@H]5CC[C@]43C)[C@@H]12. The monoisotopic (exact) mass is 711 g/mol. The Morgan fingerprint density at radius 2 is 1.65 bits per heavy atom. The molecule has 1 aromatic rings. The molecule has 0 spiro atoms. The fourth-order valence-corrected chi connectivity index (χ4v) is 14.8. The van der Waals surface area contributed by atoms with Crippen LogP contribution < -0.4 is 5.32 Å². The number of nitrogens with zero attached hydrogens (tertiary/aromatic N) is 1. The van der Waals surface area contributed by atoms with Gasteiger partial charge in [0, 0.05) is 19.1 Å². The minimum absolute atomic E-state index is 0.0656. The maximum Gasteiger partial charge on any atom is 0.338 e. The minimum atomic E-state index is -0.493. The summed E-state index contributed by atoms with van der Waals surface area (Å²) in [5.41, 5.74) is 5.84. The number of nitrogens with one attached hydrogen (secondary N) is 1. The van der Waals surface area contributed by atoms with Gasteiger partial charge in [0.15, 0.2) is 0 Å². The van der Waals surface area contributed by atoms with Crippen LogP contribution in [-0.2, 0) is 4.74 Å². The number of allylic oxidation sites excluding steroid dienone is 3. The number of benzene rings is 1. The summed E-state index contributed by atoms with van der Waals surface area (Å²) >= 11 is 0. The Labute approximate surface area is 318 Å². The third kappa shape index (κ3) is 6.02. The lowest BCUT2D eigenvalue weighted by molar-refractivity contribution is -0.225. The van der Waals surface area contributed by atoms with Gasteiger partial charge >= 0.3 is 5.97 Å². The third-order valence-electron chi connectivity index (χ3n) is 17.4. The van der Waals surface area contributed by atoms with E-state index in [0.29, 0.717) is 33.6 Å². The topological polar surface area (TPSA) is 41.6 Å². The molecular weight excluding hydrogens is 637 g/mol. The van der Waals surface area contributed by atoms with Crippen molar-refractivity contribution in [2.45, 2.75) is 152 Å². The van der Waals surface area contributed by atoms with E-state index in [-0.39, 0.29) is 16.8 Å². The molecule has 1 heterocycles. The molecule has 0 amide bonds. The molecule has 1 unspecified atom stereocenters. The molecule has 52 heavy (non-hydrogen) atoms. The normalized spacial score (nSPS) is 41.3. The molecule has 7 rings (SSSR count). The van der Waals surface area contributed by atoms with Crippen molar-refractivity contribution in [2.75, 3.05) is 26.2 Å². The Hall–Kier alpha value is -1.91. The average Bonchev–Trinajstić information content (AvgIpc) is 3.69. The maximum atomic E-state index is 12.8. The molecule has 0 radical (unpaired) electrons. The molecule has 4 saturated carbocycles. The second-order valence-electron chi connectivity index (χ2n) is 21.2. The van der Waals surface area contributed by atoms with Crippen molar-refractivity contribution in [3.8, 4) is 0 Å². The van der Waals surface area contributed by atoms with Crippen molar-refractivity contribution in [3.63, 3.8) is 0 Å². The van der Waals surface area contributed by atoms with Gasteiger partial charge in [-0.1, -0.05) is 71.9 Å². The van der Waals surface area contributed by atoms with Crippen LogP contribution in [0.2, 0.25) is 0 Å². The molecule has 1 N–H and O–H groups in total. The van der Waals surface area contributed by atoms with Crippen LogP contribution in [0.25, 0.3) is 5.57 Å². The van der Waals surface area contributed by atoms with Crippen LogP contribution in [0.5, 0.6) is 0 Å². The molecule has 5 aliphatic carbocycles. The van der Waals surface area contributed by atoms with Crippen molar-refractivity contribution >= 4 is 11.5 Å². The Bertz CT molecular complexity index is 1550. The Morgan fingerprint density at radius 3 is 2.33 bits per heavy atom. The number of esters is 1. The van der Waals surface area contributed by atoms with Crippen LogP contribution in [0.4, 0.5) is 0 Å². The van der Waals surface area contributed by atoms with Gasteiger partial charge in [-0.25, -0.2) is 4.79 Å². The number of likely N-dealkylation sites (N-methyl/N-ethyl adjacent to an activating group) is 1. The first kappa shape index (κ1) is 38.4. The summed E-state index contributed by atoms with van der Waals surface area (Å²) in [7, 11) is 0. The highest BCUT2D eigenvalue weighted by Gasteiger charge is 2.70. The van der Waals surface area contributed by atoms with Crippen LogP contribution in [-0.4, -0.2) is 48.7 Å². The van der Waals surface area contributed by atoms with Gasteiger partial charge in [0.25, 0.3) is 0 Å². The first-order valence-electron chi connectivity index (χ1n) is 21.5. The van der Waals surface area contributed by atoms with E-state index < -0.39 is 5.60 Å². The van der Waals surface area contributed by atoms with E-state index in [1.807, 2.05) is 32.9 Å². The molecule has 1 aliphatic heterocycles. The molecule has 288 valence electrons. The van der Waals surface area contributed by atoms with Crippen molar-refractivity contribution in [2.24, 2.45) is 56.7 Å². The average molecular weight is 711 g/mol.